The monoisotopic (exact) mass is 383 g/mol. The lowest BCUT2D eigenvalue weighted by Crippen LogP contribution is -2.43. The number of carbonyl (C=O) groups excluding carboxylic acids is 1. The van der Waals surface area contributed by atoms with Gasteiger partial charge in [0.2, 0.25) is 0 Å². The number of rotatable bonds is 4. The minimum Gasteiger partial charge on any atom is -0.322 e. The molecule has 1 aliphatic rings. The van der Waals surface area contributed by atoms with Gasteiger partial charge in [0.1, 0.15) is 0 Å². The largest absolute Gasteiger partial charge is 0.368 e. The second-order valence-electron chi connectivity index (χ2n) is 5.65. The van der Waals surface area contributed by atoms with E-state index in [-0.39, 0.29) is 17.7 Å². The number of nitrogens with zero attached hydrogens (tertiary/aromatic N) is 1. The van der Waals surface area contributed by atoms with E-state index >= 15 is 0 Å². The molecule has 0 unspecified atom stereocenters. The smallest absolute Gasteiger partial charge is 0.322 e. The summed E-state index contributed by atoms with van der Waals surface area (Å²) in [7, 11) is -11.0. The van der Waals surface area contributed by atoms with Gasteiger partial charge >= 0.3 is 15.2 Å². The summed E-state index contributed by atoms with van der Waals surface area (Å²) in [6.07, 6.45) is 0. The molecule has 0 radical (unpaired) electrons. The molecule has 2 aromatic rings. The van der Waals surface area contributed by atoms with E-state index in [2.05, 4.69) is 0 Å². The molecule has 0 bridgehead atoms. The fourth-order valence-electron chi connectivity index (χ4n) is 3.14. The number of amides is 1. The van der Waals surface area contributed by atoms with Crippen molar-refractivity contribution >= 4 is 21.1 Å². The van der Waals surface area contributed by atoms with Gasteiger partial charge in [-0.05, 0) is 11.6 Å². The number of carbonyl (C=O) groups is 1. The third kappa shape index (κ3) is 2.59. The van der Waals surface area contributed by atoms with Crippen molar-refractivity contribution in [1.29, 1.82) is 0 Å². The van der Waals surface area contributed by atoms with Crippen LogP contribution in [0.5, 0.6) is 0 Å². The average molecular weight is 383 g/mol. The standard InChI is InChI=1S/C15H15NO7P2/c17-14-12-8-4-5-9-13(12)15(24(18,19)20,25(21,22)23)16(14)10-11-6-2-1-3-7-11/h1-9H,10H2,(H2,18,19,20)(H2,21,22,23). The van der Waals surface area contributed by atoms with Crippen LogP contribution in [0.2, 0.25) is 0 Å². The van der Waals surface area contributed by atoms with Crippen LogP contribution in [0.4, 0.5) is 0 Å². The maximum absolute atomic E-state index is 12.7. The van der Waals surface area contributed by atoms with Crippen LogP contribution in [0.3, 0.4) is 0 Å². The van der Waals surface area contributed by atoms with Gasteiger partial charge in [-0.3, -0.25) is 13.9 Å². The topological polar surface area (TPSA) is 135 Å². The minimum absolute atomic E-state index is 0.134. The molecule has 8 nitrogen and oxygen atoms in total. The van der Waals surface area contributed by atoms with Crippen molar-refractivity contribution in [3.63, 3.8) is 0 Å². The maximum atomic E-state index is 12.7. The zero-order valence-electron chi connectivity index (χ0n) is 12.8. The molecule has 0 aromatic heterocycles. The Hall–Kier alpha value is -1.79. The fraction of sp³-hybridized carbons (Fsp3) is 0.133. The van der Waals surface area contributed by atoms with Crippen LogP contribution in [0.25, 0.3) is 0 Å². The van der Waals surface area contributed by atoms with Crippen LogP contribution in [-0.2, 0) is 20.7 Å². The maximum Gasteiger partial charge on any atom is 0.368 e. The summed E-state index contributed by atoms with van der Waals surface area (Å²) >= 11 is 0. The van der Waals surface area contributed by atoms with Gasteiger partial charge < -0.3 is 24.5 Å². The lowest BCUT2D eigenvalue weighted by Gasteiger charge is -2.39. The first-order chi connectivity index (χ1) is 11.6. The lowest BCUT2D eigenvalue weighted by atomic mass is 10.1. The van der Waals surface area contributed by atoms with Crippen LogP contribution in [-0.4, -0.2) is 30.4 Å². The first kappa shape index (κ1) is 18.0. The SMILES string of the molecule is O=C1c2ccccc2C(P(=O)(O)O)(P(=O)(O)O)N1Cc1ccccc1. The highest BCUT2D eigenvalue weighted by molar-refractivity contribution is 7.71. The molecular weight excluding hydrogens is 368 g/mol. The number of hydrogen-bond acceptors (Lipinski definition) is 3. The lowest BCUT2D eigenvalue weighted by molar-refractivity contribution is 0.0677. The Kier molecular flexibility index (Phi) is 4.24. The first-order valence-corrected chi connectivity index (χ1v) is 10.4. The highest BCUT2D eigenvalue weighted by atomic mass is 31.2. The van der Waals surface area contributed by atoms with Gasteiger partial charge in [-0.2, -0.15) is 0 Å². The molecule has 0 atom stereocenters. The van der Waals surface area contributed by atoms with Gasteiger partial charge in [0.15, 0.2) is 0 Å². The predicted octanol–water partition coefficient (Wildman–Crippen LogP) is 1.81. The molecule has 1 amide bonds. The summed E-state index contributed by atoms with van der Waals surface area (Å²) in [5.74, 6) is -0.842. The molecule has 0 aliphatic carbocycles. The van der Waals surface area contributed by atoms with Crippen LogP contribution in [0.15, 0.2) is 54.6 Å². The Morgan fingerprint density at radius 3 is 1.92 bits per heavy atom. The van der Waals surface area contributed by atoms with Crippen molar-refractivity contribution in [3.05, 3.63) is 71.3 Å². The van der Waals surface area contributed by atoms with Gasteiger partial charge in [0.25, 0.3) is 10.9 Å². The molecule has 0 fully saturated rings. The van der Waals surface area contributed by atoms with Crippen LogP contribution in [0, 0.1) is 0 Å². The van der Waals surface area contributed by atoms with Crippen molar-refractivity contribution in [2.75, 3.05) is 0 Å². The second kappa shape index (κ2) is 5.88. The third-order valence-corrected chi connectivity index (χ3v) is 8.29. The molecule has 10 heteroatoms. The molecule has 4 N–H and O–H groups in total. The molecule has 0 saturated carbocycles. The summed E-state index contributed by atoms with van der Waals surface area (Å²) in [6, 6.07) is 13.5. The van der Waals surface area contributed by atoms with E-state index in [1.807, 2.05) is 0 Å². The summed E-state index contributed by atoms with van der Waals surface area (Å²) in [5, 5.41) is -3.04. The normalized spacial score (nSPS) is 16.8. The Labute approximate surface area is 143 Å². The molecule has 25 heavy (non-hydrogen) atoms. The van der Waals surface area contributed by atoms with Gasteiger partial charge in [-0.15, -0.1) is 0 Å². The van der Waals surface area contributed by atoms with Crippen molar-refractivity contribution in [1.82, 2.24) is 4.90 Å². The highest BCUT2D eigenvalue weighted by Crippen LogP contribution is 2.78. The van der Waals surface area contributed by atoms with Crippen LogP contribution in [0.1, 0.15) is 21.5 Å². The van der Waals surface area contributed by atoms with Crippen molar-refractivity contribution < 1.29 is 33.5 Å². The second-order valence-corrected chi connectivity index (χ2v) is 9.47. The molecule has 3 rings (SSSR count). The van der Waals surface area contributed by atoms with E-state index in [0.717, 1.165) is 6.07 Å². The van der Waals surface area contributed by atoms with E-state index in [0.29, 0.717) is 10.5 Å². The first-order valence-electron chi connectivity index (χ1n) is 7.17. The molecule has 2 aromatic carbocycles. The summed E-state index contributed by atoms with van der Waals surface area (Å²) in [5.41, 5.74) is -0.0161. The van der Waals surface area contributed by atoms with E-state index in [9.17, 15) is 33.5 Å². The van der Waals surface area contributed by atoms with Crippen LogP contribution >= 0.6 is 15.2 Å². The molecule has 1 heterocycles. The Bertz CT molecular complexity index is 896. The summed E-state index contributed by atoms with van der Waals surface area (Å²) in [6.45, 7) is -0.357. The predicted molar refractivity (Wildman–Crippen MR) is 88.5 cm³/mol. The zero-order valence-corrected chi connectivity index (χ0v) is 14.5. The van der Waals surface area contributed by atoms with E-state index in [1.54, 1.807) is 30.3 Å². The summed E-state index contributed by atoms with van der Waals surface area (Å²) < 4.78 is 24.6. The van der Waals surface area contributed by atoms with Gasteiger partial charge in [-0.25, -0.2) is 0 Å². The Balaban J connectivity index is 2.31. The number of hydrogen-bond donors (Lipinski definition) is 4. The van der Waals surface area contributed by atoms with Crippen molar-refractivity contribution in [2.24, 2.45) is 0 Å². The van der Waals surface area contributed by atoms with Crippen LogP contribution < -0.4 is 0 Å². The van der Waals surface area contributed by atoms with Crippen molar-refractivity contribution in [2.45, 2.75) is 11.6 Å². The van der Waals surface area contributed by atoms with E-state index in [1.165, 1.54) is 18.2 Å². The molecular formula is C15H15NO7P2. The third-order valence-electron chi connectivity index (χ3n) is 4.14. The van der Waals surface area contributed by atoms with Gasteiger partial charge in [0, 0.05) is 17.7 Å². The Morgan fingerprint density at radius 1 is 0.840 bits per heavy atom. The quantitative estimate of drug-likeness (QED) is 0.591. The number of benzene rings is 2. The average Bonchev–Trinajstić information content (AvgIpc) is 2.78. The Morgan fingerprint density at radius 2 is 1.36 bits per heavy atom. The molecule has 0 saturated heterocycles. The highest BCUT2D eigenvalue weighted by Gasteiger charge is 2.70. The zero-order chi connectivity index (χ0) is 18.5. The molecule has 0 spiro atoms. The van der Waals surface area contributed by atoms with Crippen molar-refractivity contribution in [3.8, 4) is 0 Å². The summed E-state index contributed by atoms with van der Waals surface area (Å²) in [4.78, 5) is 53.1. The van der Waals surface area contributed by atoms with Gasteiger partial charge in [0.05, 0.1) is 0 Å². The number of fused-ring (bicyclic) bond motifs is 1. The fourth-order valence-corrected chi connectivity index (χ4v) is 6.47. The minimum atomic E-state index is -5.49. The molecule has 132 valence electrons. The van der Waals surface area contributed by atoms with E-state index < -0.39 is 26.1 Å². The van der Waals surface area contributed by atoms with E-state index in [4.69, 9.17) is 0 Å². The molecule has 1 aliphatic heterocycles. The van der Waals surface area contributed by atoms with Gasteiger partial charge in [-0.1, -0.05) is 48.5 Å².